The zero-order valence-corrected chi connectivity index (χ0v) is 22.4. The number of methoxy groups -OCH3 is 1. The number of fused-ring (bicyclic) bond motifs is 3. The number of allylic oxidation sites excluding steroid dienone is 2. The van der Waals surface area contributed by atoms with Crippen LogP contribution in [0.3, 0.4) is 0 Å². The molecule has 212 valence electrons. The van der Waals surface area contributed by atoms with Crippen molar-refractivity contribution in [1.29, 1.82) is 0 Å². The molecule has 0 aliphatic heterocycles. The molecule has 10 heteroatoms. The van der Waals surface area contributed by atoms with Crippen LogP contribution < -0.4 is 0 Å². The number of hydrogen-bond acceptors (Lipinski definition) is 10. The first-order chi connectivity index (χ1) is 18.5. The maximum absolute atomic E-state index is 14.0. The van der Waals surface area contributed by atoms with Crippen molar-refractivity contribution in [2.75, 3.05) is 14.2 Å². The molecule has 0 heterocycles. The fraction of sp³-hybridized carbons (Fsp3) is 0.690. The molecule has 5 aliphatic rings. The highest BCUT2D eigenvalue weighted by Crippen LogP contribution is 2.56. The van der Waals surface area contributed by atoms with Crippen molar-refractivity contribution in [3.8, 4) is 0 Å². The minimum atomic E-state index is -2.35. The molecular weight excluding hydrogens is 506 g/mol. The van der Waals surface area contributed by atoms with Crippen molar-refractivity contribution in [2.45, 2.75) is 62.9 Å². The van der Waals surface area contributed by atoms with E-state index in [2.05, 4.69) is 11.2 Å². The first-order valence-electron chi connectivity index (χ1n) is 13.7. The van der Waals surface area contributed by atoms with Crippen LogP contribution in [0.15, 0.2) is 29.0 Å². The maximum Gasteiger partial charge on any atom is 0.185 e. The van der Waals surface area contributed by atoms with Crippen LogP contribution >= 0.6 is 0 Å². The van der Waals surface area contributed by atoms with Crippen LogP contribution in [0, 0.1) is 47.3 Å². The fourth-order valence-corrected chi connectivity index (χ4v) is 8.29. The Balaban J connectivity index is 1.46. The average molecular weight is 544 g/mol. The van der Waals surface area contributed by atoms with Gasteiger partial charge in [-0.1, -0.05) is 23.4 Å². The van der Waals surface area contributed by atoms with Crippen molar-refractivity contribution in [3.05, 3.63) is 23.8 Å². The third-order valence-corrected chi connectivity index (χ3v) is 10.1. The second kappa shape index (κ2) is 10.5. The quantitative estimate of drug-likeness (QED) is 0.197. The van der Waals surface area contributed by atoms with E-state index in [1.807, 2.05) is 6.08 Å². The van der Waals surface area contributed by atoms with Gasteiger partial charge in [0, 0.05) is 19.4 Å². The first kappa shape index (κ1) is 28.0. The highest BCUT2D eigenvalue weighted by molar-refractivity contribution is 6.23. The Hall–Kier alpha value is -2.53. The van der Waals surface area contributed by atoms with Gasteiger partial charge in [0.25, 0.3) is 0 Å². The fourth-order valence-electron chi connectivity index (χ4n) is 8.29. The van der Waals surface area contributed by atoms with Crippen LogP contribution in [0.5, 0.6) is 0 Å². The monoisotopic (exact) mass is 543 g/mol. The van der Waals surface area contributed by atoms with Crippen LogP contribution in [0.25, 0.3) is 0 Å². The summed E-state index contributed by atoms with van der Waals surface area (Å²) in [4.78, 5) is 56.8. The van der Waals surface area contributed by atoms with Gasteiger partial charge in [-0.25, -0.2) is 0 Å². The van der Waals surface area contributed by atoms with Gasteiger partial charge in [0.15, 0.2) is 17.2 Å². The minimum Gasteiger partial charge on any atom is -0.399 e. The lowest BCUT2D eigenvalue weighted by molar-refractivity contribution is -0.206. The molecule has 0 amide bonds. The molecule has 0 bridgehead atoms. The van der Waals surface area contributed by atoms with Gasteiger partial charge in [-0.2, -0.15) is 0 Å². The highest BCUT2D eigenvalue weighted by Gasteiger charge is 2.67. The van der Waals surface area contributed by atoms with E-state index in [-0.39, 0.29) is 48.4 Å². The Morgan fingerprint density at radius 1 is 1.10 bits per heavy atom. The summed E-state index contributed by atoms with van der Waals surface area (Å²) in [6.07, 6.45) is 6.46. The van der Waals surface area contributed by atoms with Gasteiger partial charge in [0.2, 0.25) is 0 Å². The molecule has 0 aromatic rings. The first-order valence-corrected chi connectivity index (χ1v) is 13.7. The van der Waals surface area contributed by atoms with Crippen molar-refractivity contribution in [2.24, 2.45) is 52.5 Å². The third kappa shape index (κ3) is 4.36. The van der Waals surface area contributed by atoms with Crippen molar-refractivity contribution in [3.63, 3.8) is 0 Å². The maximum atomic E-state index is 14.0. The van der Waals surface area contributed by atoms with Gasteiger partial charge in [0.05, 0.1) is 30.3 Å². The van der Waals surface area contributed by atoms with Gasteiger partial charge in [-0.05, 0) is 61.9 Å². The molecular formula is C29H37NO9. The summed E-state index contributed by atoms with van der Waals surface area (Å²) in [5.41, 5.74) is -1.47. The number of hydrogen-bond donors (Lipinski definition) is 3. The summed E-state index contributed by atoms with van der Waals surface area (Å²) in [5.74, 6) is -7.59. The number of aliphatic hydroxyl groups is 3. The van der Waals surface area contributed by atoms with Gasteiger partial charge in [-0.15, -0.1) is 0 Å². The molecule has 10 nitrogen and oxygen atoms in total. The molecule has 3 saturated carbocycles. The van der Waals surface area contributed by atoms with E-state index in [1.165, 1.54) is 7.11 Å². The molecule has 0 aromatic carbocycles. The predicted octanol–water partition coefficient (Wildman–Crippen LogP) is 0.813. The van der Waals surface area contributed by atoms with Crippen molar-refractivity contribution < 1.29 is 44.1 Å². The summed E-state index contributed by atoms with van der Waals surface area (Å²) in [7, 11) is 3.10. The van der Waals surface area contributed by atoms with Gasteiger partial charge in [-0.3, -0.25) is 19.2 Å². The second-order valence-electron chi connectivity index (χ2n) is 11.9. The molecule has 0 spiro atoms. The van der Waals surface area contributed by atoms with Gasteiger partial charge >= 0.3 is 0 Å². The lowest BCUT2D eigenvalue weighted by Crippen LogP contribution is -2.70. The number of rotatable bonds is 5. The van der Waals surface area contributed by atoms with E-state index in [1.54, 1.807) is 19.4 Å². The normalized spacial score (nSPS) is 45.8. The number of Topliss-reactive ketones (excluding diaryl/α,β-unsaturated/α-hetero) is 4. The SMILES string of the molecule is CON=CC1=CC(C2C=CC(O)C3C(=O)C4C(O)[C@]5(O)C(=O)C(C(C)=O)C(=O)C[C@@H]5C[C@@H]4CC23)CCC1OC. The topological polar surface area (TPSA) is 160 Å². The summed E-state index contributed by atoms with van der Waals surface area (Å²) in [5, 5.41) is 37.7. The molecule has 3 N–H and O–H groups in total. The molecule has 12 atom stereocenters. The Morgan fingerprint density at radius 2 is 1.85 bits per heavy atom. The molecule has 0 radical (unpaired) electrons. The summed E-state index contributed by atoms with van der Waals surface area (Å²) in [6, 6.07) is 0. The standard InChI is InChI=1S/C29H37NO9/c1-13(31)23-21(33)11-17-9-15-10-19-18(14-4-7-22(38-2)16(8-14)12-30-39-3)5-6-20(32)25(19)26(34)24(15)28(36)29(17,37)27(23)35/h5-6,8,12,14-15,17-20,22-25,28,32,36-37H,4,7,9-11H2,1-3H3/t14?,15-,17+,18?,19?,20?,22?,23?,24?,25?,28?,29-/m1/s1. The lowest BCUT2D eigenvalue weighted by Gasteiger charge is -2.56. The molecule has 3 fully saturated rings. The van der Waals surface area contributed by atoms with E-state index in [0.29, 0.717) is 6.42 Å². The Morgan fingerprint density at radius 3 is 2.51 bits per heavy atom. The number of ketones is 4. The van der Waals surface area contributed by atoms with E-state index >= 15 is 0 Å². The van der Waals surface area contributed by atoms with Crippen LogP contribution in [-0.2, 0) is 28.8 Å². The Kier molecular flexibility index (Phi) is 7.52. The smallest absolute Gasteiger partial charge is 0.185 e. The number of nitrogens with zero attached hydrogens (tertiary/aromatic N) is 1. The number of aliphatic hydroxyl groups excluding tert-OH is 2. The summed E-state index contributed by atoms with van der Waals surface area (Å²) >= 11 is 0. The van der Waals surface area contributed by atoms with Crippen molar-refractivity contribution in [1.82, 2.24) is 0 Å². The molecule has 9 unspecified atom stereocenters. The molecule has 0 saturated heterocycles. The summed E-state index contributed by atoms with van der Waals surface area (Å²) in [6.45, 7) is 1.12. The van der Waals surface area contributed by atoms with Crippen LogP contribution in [0.1, 0.15) is 39.0 Å². The highest BCUT2D eigenvalue weighted by atomic mass is 16.6. The zero-order chi connectivity index (χ0) is 28.2. The van der Waals surface area contributed by atoms with Gasteiger partial charge in [0.1, 0.15) is 30.7 Å². The van der Waals surface area contributed by atoms with Crippen LogP contribution in [0.2, 0.25) is 0 Å². The molecule has 5 rings (SSSR count). The lowest BCUT2D eigenvalue weighted by atomic mass is 9.48. The predicted molar refractivity (Wildman–Crippen MR) is 137 cm³/mol. The molecule has 39 heavy (non-hydrogen) atoms. The second-order valence-corrected chi connectivity index (χ2v) is 11.9. The molecule has 0 aromatic heterocycles. The number of carbonyl (C=O) groups is 4. The third-order valence-electron chi connectivity index (χ3n) is 10.1. The van der Waals surface area contributed by atoms with E-state index in [9.17, 15) is 34.5 Å². The summed E-state index contributed by atoms with van der Waals surface area (Å²) < 4.78 is 5.60. The van der Waals surface area contributed by atoms with E-state index in [4.69, 9.17) is 9.57 Å². The van der Waals surface area contributed by atoms with E-state index < -0.39 is 58.8 Å². The number of carbonyl (C=O) groups excluding carboxylic acids is 4. The number of oxime groups is 1. The van der Waals surface area contributed by atoms with Crippen LogP contribution in [0.4, 0.5) is 0 Å². The number of ether oxygens (including phenoxy) is 1. The zero-order valence-electron chi connectivity index (χ0n) is 22.4. The Bertz CT molecular complexity index is 1140. The van der Waals surface area contributed by atoms with E-state index in [0.717, 1.165) is 25.3 Å². The molecule has 5 aliphatic carbocycles. The Labute approximate surface area is 227 Å². The minimum absolute atomic E-state index is 0.0508. The largest absolute Gasteiger partial charge is 0.399 e. The van der Waals surface area contributed by atoms with Gasteiger partial charge < -0.3 is 24.9 Å². The van der Waals surface area contributed by atoms with Crippen LogP contribution in [-0.4, -0.2) is 82.8 Å². The average Bonchev–Trinajstić information content (AvgIpc) is 2.89. The van der Waals surface area contributed by atoms with Crippen molar-refractivity contribution >= 4 is 29.3 Å².